The molecule has 0 bridgehead atoms. The molecule has 11 heteroatoms. The van der Waals surface area contributed by atoms with E-state index in [1.165, 1.54) is 6.07 Å². The second kappa shape index (κ2) is 8.02. The van der Waals surface area contributed by atoms with Gasteiger partial charge in [-0.05, 0) is 42.2 Å². The summed E-state index contributed by atoms with van der Waals surface area (Å²) in [5, 5.41) is 16.0. The smallest absolute Gasteiger partial charge is 0.346 e. The summed E-state index contributed by atoms with van der Waals surface area (Å²) in [6, 6.07) is 10.6. The van der Waals surface area contributed by atoms with Crippen LogP contribution in [0.2, 0.25) is 0 Å². The van der Waals surface area contributed by atoms with Crippen molar-refractivity contribution < 1.29 is 18.7 Å². The van der Waals surface area contributed by atoms with Gasteiger partial charge < -0.3 is 4.74 Å². The van der Waals surface area contributed by atoms with Gasteiger partial charge in [-0.15, -0.1) is 0 Å². The van der Waals surface area contributed by atoms with E-state index in [0.717, 1.165) is 48.4 Å². The third-order valence-electron chi connectivity index (χ3n) is 6.42. The van der Waals surface area contributed by atoms with E-state index < -0.39 is 12.6 Å². The lowest BCUT2D eigenvalue weighted by atomic mass is 10.1. The van der Waals surface area contributed by atoms with Crippen LogP contribution in [0.1, 0.15) is 23.7 Å². The van der Waals surface area contributed by atoms with E-state index >= 15 is 0 Å². The van der Waals surface area contributed by atoms with Crippen molar-refractivity contribution in [2.75, 3.05) is 26.2 Å². The highest BCUT2D eigenvalue weighted by Gasteiger charge is 2.51. The van der Waals surface area contributed by atoms with Crippen molar-refractivity contribution in [1.29, 1.82) is 0 Å². The van der Waals surface area contributed by atoms with Gasteiger partial charge in [-0.2, -0.15) is 5.10 Å². The fourth-order valence-corrected chi connectivity index (χ4v) is 6.83. The maximum absolute atomic E-state index is 13.5. The molecule has 2 aliphatic heterocycles. The molecule has 3 aromatic rings. The van der Waals surface area contributed by atoms with Gasteiger partial charge in [0.1, 0.15) is 5.75 Å². The molecule has 3 aliphatic rings. The number of aryl methyl sites for hydroxylation is 1. The lowest BCUT2D eigenvalue weighted by Crippen LogP contribution is -2.11. The summed E-state index contributed by atoms with van der Waals surface area (Å²) in [6.07, 6.45) is 4.49. The predicted molar refractivity (Wildman–Crippen MR) is 125 cm³/mol. The zero-order valence-electron chi connectivity index (χ0n) is 18.7. The second-order valence-electron chi connectivity index (χ2n) is 8.80. The van der Waals surface area contributed by atoms with Crippen molar-refractivity contribution in [2.45, 2.75) is 18.9 Å². The van der Waals surface area contributed by atoms with Gasteiger partial charge >= 0.3 is 13.4 Å². The molecule has 3 heterocycles. The fraction of sp³-hybridized carbons (Fsp3) is 0.348. The number of hydrogen-bond donors (Lipinski definition) is 0. The van der Waals surface area contributed by atoms with Gasteiger partial charge in [-0.1, -0.05) is 12.1 Å². The molecule has 2 aromatic carbocycles. The average Bonchev–Trinajstić information content (AvgIpc) is 3.75. The van der Waals surface area contributed by atoms with E-state index in [1.807, 2.05) is 34.7 Å². The number of nitrogens with zero attached hydrogens (tertiary/aromatic N) is 5. The molecule has 0 N–H and O–H groups in total. The standard InChI is InChI=1S/C23H24N5O5P/c1-25-15-17(14-24-25)16-2-4-18(5-3-16)32-23-20-7-9-22(19(20)6-8-21(23)28(29)30)33-34(31,26-10-11-26)27-12-13-27/h2-6,8,14-15,22H,7,9-13H2,1H3. The first-order valence-corrected chi connectivity index (χ1v) is 12.8. The first-order chi connectivity index (χ1) is 16.4. The van der Waals surface area contributed by atoms with Gasteiger partial charge in [0.2, 0.25) is 5.75 Å². The lowest BCUT2D eigenvalue weighted by Gasteiger charge is -2.24. The first-order valence-electron chi connectivity index (χ1n) is 11.3. The number of hydrogen-bond acceptors (Lipinski definition) is 6. The van der Waals surface area contributed by atoms with Crippen LogP contribution in [0.15, 0.2) is 48.8 Å². The molecule has 6 rings (SSSR count). The molecule has 1 aromatic heterocycles. The van der Waals surface area contributed by atoms with Crippen LogP contribution >= 0.6 is 7.67 Å². The molecule has 10 nitrogen and oxygen atoms in total. The van der Waals surface area contributed by atoms with Crippen LogP contribution in [-0.4, -0.2) is 50.2 Å². The zero-order chi connectivity index (χ0) is 23.4. The maximum atomic E-state index is 13.5. The molecule has 0 spiro atoms. The number of nitro benzene ring substituents is 1. The summed E-state index contributed by atoms with van der Waals surface area (Å²) in [5.74, 6) is 0.739. The predicted octanol–water partition coefficient (Wildman–Crippen LogP) is 4.53. The maximum Gasteiger partial charge on any atom is 0.346 e. The lowest BCUT2D eigenvalue weighted by molar-refractivity contribution is -0.385. The minimum absolute atomic E-state index is 0.0872. The summed E-state index contributed by atoms with van der Waals surface area (Å²) in [5.41, 5.74) is 3.43. The molecule has 2 fully saturated rings. The molecule has 2 saturated heterocycles. The Hall–Kier alpha value is -3.04. The summed E-state index contributed by atoms with van der Waals surface area (Å²) in [4.78, 5) is 11.4. The molecular weight excluding hydrogens is 457 g/mol. The third kappa shape index (κ3) is 3.82. The number of benzene rings is 2. The molecule has 1 aliphatic carbocycles. The Bertz CT molecular complexity index is 1300. The van der Waals surface area contributed by atoms with Crippen molar-refractivity contribution in [2.24, 2.45) is 7.05 Å². The average molecular weight is 481 g/mol. The summed E-state index contributed by atoms with van der Waals surface area (Å²) >= 11 is 0. The van der Waals surface area contributed by atoms with E-state index in [9.17, 15) is 14.7 Å². The Labute approximate surface area is 196 Å². The minimum Gasteiger partial charge on any atom is -0.450 e. The topological polar surface area (TPSA) is 103 Å². The highest BCUT2D eigenvalue weighted by atomic mass is 31.2. The van der Waals surface area contributed by atoms with Gasteiger partial charge in [-0.25, -0.2) is 9.34 Å². The summed E-state index contributed by atoms with van der Waals surface area (Å²) in [7, 11) is -1.15. The molecular formula is C23H24N5O5P. The number of nitro groups is 1. The van der Waals surface area contributed by atoms with Crippen LogP contribution in [0, 0.1) is 10.1 Å². The van der Waals surface area contributed by atoms with Crippen LogP contribution in [0.4, 0.5) is 5.69 Å². The third-order valence-corrected chi connectivity index (χ3v) is 9.17. The van der Waals surface area contributed by atoms with Crippen molar-refractivity contribution >= 4 is 13.4 Å². The first kappa shape index (κ1) is 21.5. The molecule has 1 unspecified atom stereocenters. The molecule has 176 valence electrons. The highest BCUT2D eigenvalue weighted by Crippen LogP contribution is 2.64. The Kier molecular flexibility index (Phi) is 5.07. The van der Waals surface area contributed by atoms with Gasteiger partial charge in [-0.3, -0.25) is 23.9 Å². The zero-order valence-corrected chi connectivity index (χ0v) is 19.6. The summed E-state index contributed by atoms with van der Waals surface area (Å²) < 4.78 is 31.3. The van der Waals surface area contributed by atoms with E-state index in [0.29, 0.717) is 18.6 Å². The Morgan fingerprint density at radius 1 is 1.06 bits per heavy atom. The van der Waals surface area contributed by atoms with Gasteiger partial charge in [0.25, 0.3) is 0 Å². The molecule has 0 saturated carbocycles. The van der Waals surface area contributed by atoms with Gasteiger partial charge in [0, 0.05) is 56.6 Å². The van der Waals surface area contributed by atoms with Crippen LogP contribution in [0.3, 0.4) is 0 Å². The molecule has 1 atom stereocenters. The normalized spacial score (nSPS) is 19.7. The van der Waals surface area contributed by atoms with E-state index in [2.05, 4.69) is 5.10 Å². The van der Waals surface area contributed by atoms with Gasteiger partial charge in [0.15, 0.2) is 0 Å². The number of ether oxygens (including phenoxy) is 1. The van der Waals surface area contributed by atoms with Crippen molar-refractivity contribution in [3.63, 3.8) is 0 Å². The number of rotatable bonds is 8. The van der Waals surface area contributed by atoms with Crippen molar-refractivity contribution in [3.8, 4) is 22.6 Å². The van der Waals surface area contributed by atoms with E-state index in [4.69, 9.17) is 9.26 Å². The number of aromatic nitrogens is 2. The number of fused-ring (bicyclic) bond motifs is 1. The van der Waals surface area contributed by atoms with Crippen molar-refractivity contribution in [3.05, 3.63) is 70.0 Å². The van der Waals surface area contributed by atoms with Crippen LogP contribution in [-0.2, 0) is 22.6 Å². The van der Waals surface area contributed by atoms with Crippen molar-refractivity contribution in [1.82, 2.24) is 19.1 Å². The highest BCUT2D eigenvalue weighted by molar-refractivity contribution is 7.54. The fourth-order valence-electron chi connectivity index (χ4n) is 4.46. The monoisotopic (exact) mass is 481 g/mol. The van der Waals surface area contributed by atoms with Gasteiger partial charge in [0.05, 0.1) is 17.2 Å². The Balaban J connectivity index is 1.29. The van der Waals surface area contributed by atoms with E-state index in [-0.39, 0.29) is 17.5 Å². The van der Waals surface area contributed by atoms with E-state index in [1.54, 1.807) is 29.1 Å². The Morgan fingerprint density at radius 2 is 1.76 bits per heavy atom. The largest absolute Gasteiger partial charge is 0.450 e. The summed E-state index contributed by atoms with van der Waals surface area (Å²) in [6.45, 7) is 3.10. The second-order valence-corrected chi connectivity index (χ2v) is 11.1. The molecule has 0 amide bonds. The van der Waals surface area contributed by atoms with Crippen LogP contribution in [0.25, 0.3) is 11.1 Å². The Morgan fingerprint density at radius 3 is 2.35 bits per heavy atom. The van der Waals surface area contributed by atoms with Crippen LogP contribution < -0.4 is 4.74 Å². The molecule has 34 heavy (non-hydrogen) atoms. The SMILES string of the molecule is Cn1cc(-c2ccc(Oc3c([N+](=O)[O-])ccc4c3CCC4OP(=O)(N3CC3)N3CC3)cc2)cn1. The quantitative estimate of drug-likeness (QED) is 0.200. The molecule has 0 radical (unpaired) electrons. The minimum atomic E-state index is -3.01. The van der Waals surface area contributed by atoms with Crippen LogP contribution in [0.5, 0.6) is 11.5 Å².